The Bertz CT molecular complexity index is 1630. The second-order valence-electron chi connectivity index (χ2n) is 11.0. The second-order valence-corrected chi connectivity index (χ2v) is 11.0. The Morgan fingerprint density at radius 3 is 1.89 bits per heavy atom. The number of nitrogens with zero attached hydrogens (tertiary/aromatic N) is 4. The third kappa shape index (κ3) is 6.53. The molecule has 1 N–H and O–H groups in total. The van der Waals surface area contributed by atoms with Gasteiger partial charge in [-0.1, -0.05) is 114 Å². The molecule has 0 radical (unpaired) electrons. The molecule has 234 valence electrons. The van der Waals surface area contributed by atoms with Gasteiger partial charge in [0.2, 0.25) is 5.95 Å². The van der Waals surface area contributed by atoms with Gasteiger partial charge >= 0.3 is 0 Å². The van der Waals surface area contributed by atoms with Crippen molar-refractivity contribution in [3.05, 3.63) is 150 Å². The molecule has 0 spiro atoms. The van der Waals surface area contributed by atoms with E-state index in [4.69, 9.17) is 14.3 Å². The number of methoxy groups -OCH3 is 1. The van der Waals surface area contributed by atoms with Crippen molar-refractivity contribution < 1.29 is 23.8 Å². The molecular formula is C37H35FN4O4. The Hall–Kier alpha value is -4.96. The molecule has 1 fully saturated rings. The predicted molar refractivity (Wildman–Crippen MR) is 175 cm³/mol. The van der Waals surface area contributed by atoms with E-state index in [1.165, 1.54) is 0 Å². The highest BCUT2D eigenvalue weighted by Gasteiger charge is 2.38. The number of hydrogen-bond donors (Lipinski definition) is 1. The predicted octanol–water partition coefficient (Wildman–Crippen LogP) is 5.99. The van der Waals surface area contributed by atoms with Crippen LogP contribution in [-0.2, 0) is 26.5 Å². The van der Waals surface area contributed by atoms with Gasteiger partial charge in [-0.15, -0.1) is 0 Å². The van der Waals surface area contributed by atoms with Crippen LogP contribution < -0.4 is 4.90 Å². The molecule has 0 aliphatic carbocycles. The van der Waals surface area contributed by atoms with E-state index in [0.29, 0.717) is 30.2 Å². The summed E-state index contributed by atoms with van der Waals surface area (Å²) in [7, 11) is 1.64. The van der Waals surface area contributed by atoms with Gasteiger partial charge in [0.1, 0.15) is 24.1 Å². The molecule has 0 saturated carbocycles. The van der Waals surface area contributed by atoms with E-state index in [1.807, 2.05) is 59.5 Å². The summed E-state index contributed by atoms with van der Waals surface area (Å²) in [4.78, 5) is 16.5. The van der Waals surface area contributed by atoms with Crippen molar-refractivity contribution in [3.63, 3.8) is 0 Å². The molecule has 5 aromatic rings. The molecule has 8 nitrogen and oxygen atoms in total. The minimum absolute atomic E-state index is 0.206. The van der Waals surface area contributed by atoms with Gasteiger partial charge in [-0.2, -0.15) is 0 Å². The number of aromatic nitrogens is 2. The first-order valence-corrected chi connectivity index (χ1v) is 15.1. The maximum absolute atomic E-state index is 14.6. The zero-order chi connectivity index (χ0) is 31.8. The summed E-state index contributed by atoms with van der Waals surface area (Å²) in [5.74, 6) is 0.0474. The van der Waals surface area contributed by atoms with E-state index in [0.717, 1.165) is 22.4 Å². The zero-order valence-corrected chi connectivity index (χ0v) is 25.5. The van der Waals surface area contributed by atoms with Crippen molar-refractivity contribution in [1.82, 2.24) is 9.97 Å². The highest BCUT2D eigenvalue weighted by Crippen LogP contribution is 2.40. The van der Waals surface area contributed by atoms with E-state index in [9.17, 15) is 9.50 Å². The average Bonchev–Trinajstić information content (AvgIpc) is 3.10. The molecule has 1 aliphatic rings. The summed E-state index contributed by atoms with van der Waals surface area (Å²) in [6.07, 6.45) is 2.78. The van der Waals surface area contributed by atoms with Crippen molar-refractivity contribution in [2.75, 3.05) is 38.3 Å². The van der Waals surface area contributed by atoms with E-state index >= 15 is 0 Å². The van der Waals surface area contributed by atoms with Crippen molar-refractivity contribution >= 4 is 11.7 Å². The molecule has 46 heavy (non-hydrogen) atoms. The molecule has 6 rings (SSSR count). The molecule has 1 aromatic heterocycles. The highest BCUT2D eigenvalue weighted by atomic mass is 19.1. The fourth-order valence-corrected chi connectivity index (χ4v) is 5.52. The summed E-state index contributed by atoms with van der Waals surface area (Å²) >= 11 is 0. The SMILES string of the molecule is COC(CON=C1CN(c2ncc(-c3cccc(CO)c3F)cn2)C1)COC(c1ccccc1)(c1ccccc1)c1ccccc1. The van der Waals surface area contributed by atoms with Gasteiger partial charge in [-0.25, -0.2) is 14.4 Å². The van der Waals surface area contributed by atoms with Crippen molar-refractivity contribution in [2.24, 2.45) is 5.16 Å². The van der Waals surface area contributed by atoms with E-state index < -0.39 is 11.4 Å². The lowest BCUT2D eigenvalue weighted by molar-refractivity contribution is -0.0780. The maximum Gasteiger partial charge on any atom is 0.225 e. The average molecular weight is 619 g/mol. The van der Waals surface area contributed by atoms with Crippen LogP contribution in [0.25, 0.3) is 11.1 Å². The van der Waals surface area contributed by atoms with Gasteiger partial charge in [0, 0.05) is 36.2 Å². The van der Waals surface area contributed by atoms with Crippen LogP contribution in [0.5, 0.6) is 0 Å². The van der Waals surface area contributed by atoms with Crippen molar-refractivity contribution in [2.45, 2.75) is 18.3 Å². The number of aliphatic hydroxyl groups is 1. The van der Waals surface area contributed by atoms with Gasteiger partial charge in [-0.3, -0.25) is 0 Å². The number of aliphatic hydroxyl groups excluding tert-OH is 1. The van der Waals surface area contributed by atoms with Gasteiger partial charge < -0.3 is 24.3 Å². The summed E-state index contributed by atoms with van der Waals surface area (Å²) in [5, 5.41) is 13.7. The normalized spacial score (nSPS) is 13.6. The lowest BCUT2D eigenvalue weighted by atomic mass is 9.80. The fraction of sp³-hybridized carbons (Fsp3) is 0.216. The highest BCUT2D eigenvalue weighted by molar-refractivity contribution is 5.98. The van der Waals surface area contributed by atoms with Crippen LogP contribution in [0.4, 0.5) is 10.3 Å². The zero-order valence-electron chi connectivity index (χ0n) is 25.5. The first-order valence-electron chi connectivity index (χ1n) is 15.1. The van der Waals surface area contributed by atoms with Gasteiger partial charge in [0.15, 0.2) is 0 Å². The number of halogens is 1. The van der Waals surface area contributed by atoms with Crippen LogP contribution in [0.3, 0.4) is 0 Å². The molecule has 1 saturated heterocycles. The number of benzene rings is 4. The largest absolute Gasteiger partial charge is 0.393 e. The number of hydrogen-bond acceptors (Lipinski definition) is 8. The summed E-state index contributed by atoms with van der Waals surface area (Å²) < 4.78 is 27.2. The van der Waals surface area contributed by atoms with Crippen LogP contribution in [0, 0.1) is 5.82 Å². The first kappa shape index (κ1) is 31.0. The Labute approximate surface area is 267 Å². The molecule has 0 bridgehead atoms. The molecule has 1 unspecified atom stereocenters. The van der Waals surface area contributed by atoms with Gasteiger partial charge in [-0.05, 0) is 16.7 Å². The monoisotopic (exact) mass is 618 g/mol. The lowest BCUT2D eigenvalue weighted by Crippen LogP contribution is -2.48. The smallest absolute Gasteiger partial charge is 0.225 e. The maximum atomic E-state index is 14.6. The van der Waals surface area contributed by atoms with Crippen LogP contribution in [0.2, 0.25) is 0 Å². The standard InChI is InChI=1S/C37H35FN4O4/c1-44-33(25-45-37(29-13-5-2-6-14-29,30-15-7-3-8-16-30)31-17-9-4-10-18-31)26-46-41-32-22-42(23-32)36-39-20-28(21-40-36)34-19-11-12-27(24-43)35(34)38/h2-21,33,43H,22-26H2,1H3. The molecule has 9 heteroatoms. The molecule has 1 aliphatic heterocycles. The fourth-order valence-electron chi connectivity index (χ4n) is 5.52. The summed E-state index contributed by atoms with van der Waals surface area (Å²) in [6, 6.07) is 35.5. The minimum atomic E-state index is -0.857. The third-order valence-electron chi connectivity index (χ3n) is 8.04. The van der Waals surface area contributed by atoms with E-state index in [-0.39, 0.29) is 31.5 Å². The Morgan fingerprint density at radius 2 is 1.37 bits per heavy atom. The Kier molecular flexibility index (Phi) is 9.73. The van der Waals surface area contributed by atoms with Crippen molar-refractivity contribution in [1.29, 1.82) is 0 Å². The summed E-state index contributed by atoms with van der Waals surface area (Å²) in [6.45, 7) is 1.12. The van der Waals surface area contributed by atoms with E-state index in [1.54, 1.807) is 37.7 Å². The number of anilines is 1. The van der Waals surface area contributed by atoms with Crippen LogP contribution in [0.15, 0.2) is 127 Å². The van der Waals surface area contributed by atoms with Gasteiger partial charge in [0.25, 0.3) is 0 Å². The molecule has 1 atom stereocenters. The van der Waals surface area contributed by atoms with Crippen molar-refractivity contribution in [3.8, 4) is 11.1 Å². The third-order valence-corrected chi connectivity index (χ3v) is 8.04. The molecule has 2 heterocycles. The molecule has 4 aromatic carbocycles. The second kappa shape index (κ2) is 14.4. The number of oxime groups is 1. The number of rotatable bonds is 13. The van der Waals surface area contributed by atoms with Crippen LogP contribution in [0.1, 0.15) is 22.3 Å². The molecule has 0 amide bonds. The lowest BCUT2D eigenvalue weighted by Gasteiger charge is -2.37. The Morgan fingerprint density at radius 1 is 0.804 bits per heavy atom. The van der Waals surface area contributed by atoms with Crippen LogP contribution >= 0.6 is 0 Å². The minimum Gasteiger partial charge on any atom is -0.393 e. The molecular weight excluding hydrogens is 583 g/mol. The Balaban J connectivity index is 1.09. The van der Waals surface area contributed by atoms with E-state index in [2.05, 4.69) is 51.5 Å². The van der Waals surface area contributed by atoms with Gasteiger partial charge in [0.05, 0.1) is 32.0 Å². The quantitative estimate of drug-likeness (QED) is 0.128. The summed E-state index contributed by atoms with van der Waals surface area (Å²) in [5.41, 5.74) is 4.14. The topological polar surface area (TPSA) is 89.3 Å². The van der Waals surface area contributed by atoms with Crippen LogP contribution in [-0.4, -0.2) is 60.3 Å². The first-order chi connectivity index (χ1) is 22.6. The number of ether oxygens (including phenoxy) is 2.